The van der Waals surface area contributed by atoms with Crippen molar-refractivity contribution in [2.45, 2.75) is 0 Å². The molecular formula is C22H16O6. The van der Waals surface area contributed by atoms with E-state index in [2.05, 4.69) is 0 Å². The van der Waals surface area contributed by atoms with Gasteiger partial charge in [-0.15, -0.1) is 0 Å². The molecule has 0 aliphatic carbocycles. The van der Waals surface area contributed by atoms with Crippen LogP contribution >= 0.6 is 0 Å². The van der Waals surface area contributed by atoms with Crippen molar-refractivity contribution < 1.29 is 23.8 Å². The number of carboxylic acid groups (broad SMARTS) is 1. The maximum atomic E-state index is 12.1. The first-order valence-corrected chi connectivity index (χ1v) is 8.67. The molecule has 0 atom stereocenters. The maximum Gasteiger partial charge on any atom is 0.344 e. The number of fused-ring (bicyclic) bond motifs is 3. The van der Waals surface area contributed by atoms with Crippen LogP contribution in [0.5, 0.6) is 11.5 Å². The van der Waals surface area contributed by atoms with Gasteiger partial charge in [0.2, 0.25) is 0 Å². The van der Waals surface area contributed by atoms with E-state index in [1.807, 2.05) is 18.2 Å². The highest BCUT2D eigenvalue weighted by atomic mass is 16.5. The highest BCUT2D eigenvalue weighted by Crippen LogP contribution is 2.26. The molecule has 0 fully saturated rings. The van der Waals surface area contributed by atoms with Crippen LogP contribution in [0, 0.1) is 0 Å². The lowest BCUT2D eigenvalue weighted by atomic mass is 10.1. The van der Waals surface area contributed by atoms with Gasteiger partial charge in [0.05, 0.1) is 5.39 Å². The first kappa shape index (κ1) is 17.6. The molecule has 0 saturated heterocycles. The Morgan fingerprint density at radius 3 is 2.39 bits per heavy atom. The zero-order valence-electron chi connectivity index (χ0n) is 14.8. The van der Waals surface area contributed by atoms with Crippen LogP contribution in [-0.2, 0) is 0 Å². The molecule has 0 aliphatic heterocycles. The lowest BCUT2D eigenvalue weighted by molar-refractivity contribution is 0.0691. The average molecular weight is 376 g/mol. The number of para-hydroxylation sites is 1. The summed E-state index contributed by atoms with van der Waals surface area (Å²) < 4.78 is 16.6. The van der Waals surface area contributed by atoms with Gasteiger partial charge in [0.1, 0.15) is 35.9 Å². The SMILES string of the molecule is O=C(O)c1ccccc1OCCOc1ccc2c(c1)oc(=O)c1ccccc12. The Morgan fingerprint density at radius 1 is 0.857 bits per heavy atom. The molecule has 3 aromatic carbocycles. The van der Waals surface area contributed by atoms with E-state index >= 15 is 0 Å². The number of hydrogen-bond acceptors (Lipinski definition) is 5. The first-order valence-electron chi connectivity index (χ1n) is 8.67. The lowest BCUT2D eigenvalue weighted by Crippen LogP contribution is -2.11. The number of rotatable bonds is 6. The fraction of sp³-hybridized carbons (Fsp3) is 0.0909. The van der Waals surface area contributed by atoms with Gasteiger partial charge in [0, 0.05) is 11.5 Å². The summed E-state index contributed by atoms with van der Waals surface area (Å²) in [4.78, 5) is 23.3. The Hall–Kier alpha value is -3.80. The summed E-state index contributed by atoms with van der Waals surface area (Å²) in [5.41, 5.74) is 0.147. The quantitative estimate of drug-likeness (QED) is 0.310. The van der Waals surface area contributed by atoms with Gasteiger partial charge in [-0.1, -0.05) is 30.3 Å². The molecule has 1 heterocycles. The Morgan fingerprint density at radius 2 is 1.57 bits per heavy atom. The van der Waals surface area contributed by atoms with E-state index in [9.17, 15) is 9.59 Å². The van der Waals surface area contributed by atoms with Crippen LogP contribution in [0.25, 0.3) is 21.7 Å². The molecule has 1 N–H and O–H groups in total. The Bertz CT molecular complexity index is 1220. The van der Waals surface area contributed by atoms with Crippen molar-refractivity contribution in [3.8, 4) is 11.5 Å². The second kappa shape index (κ2) is 7.44. The van der Waals surface area contributed by atoms with Gasteiger partial charge < -0.3 is 19.0 Å². The largest absolute Gasteiger partial charge is 0.490 e. The smallest absolute Gasteiger partial charge is 0.344 e. The number of aromatic carboxylic acids is 1. The number of carboxylic acids is 1. The minimum Gasteiger partial charge on any atom is -0.490 e. The zero-order valence-corrected chi connectivity index (χ0v) is 14.8. The van der Waals surface area contributed by atoms with E-state index in [0.29, 0.717) is 16.7 Å². The van der Waals surface area contributed by atoms with E-state index in [4.69, 9.17) is 19.0 Å². The Labute approximate surface area is 159 Å². The van der Waals surface area contributed by atoms with Crippen molar-refractivity contribution >= 4 is 27.7 Å². The predicted molar refractivity (Wildman–Crippen MR) is 104 cm³/mol. The van der Waals surface area contributed by atoms with Crippen molar-refractivity contribution in [3.63, 3.8) is 0 Å². The highest BCUT2D eigenvalue weighted by molar-refractivity contribution is 6.04. The molecule has 140 valence electrons. The van der Waals surface area contributed by atoms with Gasteiger partial charge >= 0.3 is 11.6 Å². The van der Waals surface area contributed by atoms with Crippen molar-refractivity contribution in [2.75, 3.05) is 13.2 Å². The van der Waals surface area contributed by atoms with Crippen LogP contribution in [0.3, 0.4) is 0 Å². The normalized spacial score (nSPS) is 10.9. The van der Waals surface area contributed by atoms with E-state index in [0.717, 1.165) is 10.8 Å². The molecule has 0 aliphatic rings. The second-order valence-corrected chi connectivity index (χ2v) is 6.09. The van der Waals surface area contributed by atoms with Crippen molar-refractivity contribution in [3.05, 3.63) is 82.7 Å². The number of hydrogen-bond donors (Lipinski definition) is 1. The van der Waals surface area contributed by atoms with E-state index in [1.165, 1.54) is 6.07 Å². The molecular weight excluding hydrogens is 360 g/mol. The first-order chi connectivity index (χ1) is 13.6. The average Bonchev–Trinajstić information content (AvgIpc) is 2.71. The Balaban J connectivity index is 1.48. The molecule has 4 aromatic rings. The van der Waals surface area contributed by atoms with Gasteiger partial charge in [0.15, 0.2) is 0 Å². The van der Waals surface area contributed by atoms with Gasteiger partial charge in [-0.2, -0.15) is 0 Å². The van der Waals surface area contributed by atoms with Gasteiger partial charge in [-0.25, -0.2) is 9.59 Å². The second-order valence-electron chi connectivity index (χ2n) is 6.09. The van der Waals surface area contributed by atoms with Crippen LogP contribution in [0.1, 0.15) is 10.4 Å². The molecule has 6 heteroatoms. The third-order valence-corrected chi connectivity index (χ3v) is 4.32. The van der Waals surface area contributed by atoms with Gasteiger partial charge in [0.25, 0.3) is 0 Å². The van der Waals surface area contributed by atoms with Gasteiger partial charge in [-0.05, 0) is 35.7 Å². The molecule has 4 rings (SSSR count). The monoisotopic (exact) mass is 376 g/mol. The van der Waals surface area contributed by atoms with E-state index in [1.54, 1.807) is 42.5 Å². The Kier molecular flexibility index (Phi) is 4.68. The predicted octanol–water partition coefficient (Wildman–Crippen LogP) is 4.10. The number of ether oxygens (including phenoxy) is 2. The van der Waals surface area contributed by atoms with Crippen LogP contribution in [0.4, 0.5) is 0 Å². The summed E-state index contributed by atoms with van der Waals surface area (Å²) in [7, 11) is 0. The lowest BCUT2D eigenvalue weighted by Gasteiger charge is -2.10. The van der Waals surface area contributed by atoms with Crippen LogP contribution in [0.2, 0.25) is 0 Å². The molecule has 0 bridgehead atoms. The van der Waals surface area contributed by atoms with Crippen LogP contribution in [-0.4, -0.2) is 24.3 Å². The molecule has 0 unspecified atom stereocenters. The summed E-state index contributed by atoms with van der Waals surface area (Å²) in [6.07, 6.45) is 0. The van der Waals surface area contributed by atoms with Gasteiger partial charge in [-0.3, -0.25) is 0 Å². The summed E-state index contributed by atoms with van der Waals surface area (Å²) in [5, 5.41) is 11.3. The standard InChI is InChI=1S/C22H16O6/c23-21(24)18-7-3-4-8-19(18)27-12-11-26-14-9-10-16-15-5-1-2-6-17(15)22(25)28-20(16)13-14/h1-10,13H,11-12H2,(H,23,24). The topological polar surface area (TPSA) is 86.0 Å². The van der Waals surface area contributed by atoms with Crippen LogP contribution in [0.15, 0.2) is 75.9 Å². The molecule has 0 amide bonds. The molecule has 0 spiro atoms. The van der Waals surface area contributed by atoms with Crippen molar-refractivity contribution in [2.24, 2.45) is 0 Å². The minimum atomic E-state index is -1.05. The van der Waals surface area contributed by atoms with Crippen molar-refractivity contribution in [1.82, 2.24) is 0 Å². The summed E-state index contributed by atoms with van der Waals surface area (Å²) in [5.74, 6) is -0.232. The van der Waals surface area contributed by atoms with Crippen molar-refractivity contribution in [1.29, 1.82) is 0 Å². The van der Waals surface area contributed by atoms with Crippen LogP contribution < -0.4 is 15.1 Å². The summed E-state index contributed by atoms with van der Waals surface area (Å²) in [6, 6.07) is 19.0. The third kappa shape index (κ3) is 3.40. The molecule has 6 nitrogen and oxygen atoms in total. The number of carbonyl (C=O) groups is 1. The van der Waals surface area contributed by atoms with E-state index in [-0.39, 0.29) is 24.5 Å². The third-order valence-electron chi connectivity index (χ3n) is 4.32. The maximum absolute atomic E-state index is 12.1. The molecule has 0 radical (unpaired) electrons. The van der Waals surface area contributed by atoms with E-state index < -0.39 is 11.6 Å². The molecule has 1 aromatic heterocycles. The summed E-state index contributed by atoms with van der Waals surface area (Å²) >= 11 is 0. The molecule has 0 saturated carbocycles. The molecule has 28 heavy (non-hydrogen) atoms. The number of benzene rings is 3. The highest BCUT2D eigenvalue weighted by Gasteiger charge is 2.10. The summed E-state index contributed by atoms with van der Waals surface area (Å²) in [6.45, 7) is 0.376. The minimum absolute atomic E-state index is 0.0989. The fourth-order valence-electron chi connectivity index (χ4n) is 3.03. The zero-order chi connectivity index (χ0) is 19.5. The fourth-order valence-corrected chi connectivity index (χ4v) is 3.03.